The van der Waals surface area contributed by atoms with Crippen molar-refractivity contribution >= 4 is 11.2 Å². The van der Waals surface area contributed by atoms with Gasteiger partial charge in [0.15, 0.2) is 5.65 Å². The average molecular weight is 176 g/mol. The van der Waals surface area contributed by atoms with Gasteiger partial charge >= 0.3 is 0 Å². The van der Waals surface area contributed by atoms with Gasteiger partial charge in [0, 0.05) is 6.20 Å². The number of nitrogens with zero attached hydrogens (tertiary/aromatic N) is 3. The van der Waals surface area contributed by atoms with Crippen LogP contribution >= 0.6 is 0 Å². The van der Waals surface area contributed by atoms with Crippen molar-refractivity contribution in [2.24, 2.45) is 0 Å². The molecule has 0 aliphatic rings. The number of hydrogen-bond acceptors (Lipinski definition) is 3. The summed E-state index contributed by atoms with van der Waals surface area (Å²) in [6, 6.07) is 2.02. The van der Waals surface area contributed by atoms with E-state index in [-0.39, 0.29) is 5.41 Å². The minimum absolute atomic E-state index is 0.111. The first-order valence-corrected chi connectivity index (χ1v) is 4.25. The van der Waals surface area contributed by atoms with Gasteiger partial charge in [0.1, 0.15) is 5.52 Å². The van der Waals surface area contributed by atoms with E-state index in [0.29, 0.717) is 0 Å². The Morgan fingerprint density at radius 2 is 2.08 bits per heavy atom. The van der Waals surface area contributed by atoms with Gasteiger partial charge in [-0.25, -0.2) is 10.1 Å². The summed E-state index contributed by atoms with van der Waals surface area (Å²) in [5.74, 6) is 0. The highest BCUT2D eigenvalue weighted by atomic mass is 15.3. The summed E-state index contributed by atoms with van der Waals surface area (Å²) in [5.41, 5.74) is 2.86. The maximum absolute atomic E-state index is 4.23. The fourth-order valence-electron chi connectivity index (χ4n) is 1.15. The number of aromatic nitrogens is 4. The highest BCUT2D eigenvalue weighted by Gasteiger charge is 2.14. The molecule has 4 nitrogen and oxygen atoms in total. The van der Waals surface area contributed by atoms with Crippen molar-refractivity contribution in [1.29, 1.82) is 0 Å². The number of rotatable bonds is 0. The first kappa shape index (κ1) is 8.16. The van der Waals surface area contributed by atoms with Crippen molar-refractivity contribution in [3.63, 3.8) is 0 Å². The molecule has 0 saturated heterocycles. The highest BCUT2D eigenvalue weighted by molar-refractivity contribution is 5.69. The van der Waals surface area contributed by atoms with E-state index in [1.165, 1.54) is 5.56 Å². The van der Waals surface area contributed by atoms with Crippen LogP contribution in [0.15, 0.2) is 12.3 Å². The summed E-state index contributed by atoms with van der Waals surface area (Å²) in [6.07, 6.45) is 1.86. The second kappa shape index (κ2) is 2.52. The van der Waals surface area contributed by atoms with Gasteiger partial charge in [-0.3, -0.25) is 0 Å². The Balaban J connectivity index is 2.61. The normalized spacial score (nSPS) is 12.2. The van der Waals surface area contributed by atoms with Gasteiger partial charge in [0.05, 0.1) is 0 Å². The van der Waals surface area contributed by atoms with Crippen LogP contribution in [-0.4, -0.2) is 20.4 Å². The van der Waals surface area contributed by atoms with E-state index in [4.69, 9.17) is 0 Å². The fourth-order valence-corrected chi connectivity index (χ4v) is 1.15. The second-order valence-electron chi connectivity index (χ2n) is 4.15. The highest BCUT2D eigenvalue weighted by Crippen LogP contribution is 2.22. The molecular formula is C9H12N4. The largest absolute Gasteiger partial charge is 0.240 e. The molecule has 0 unspecified atom stereocenters. The van der Waals surface area contributed by atoms with Crippen LogP contribution < -0.4 is 0 Å². The van der Waals surface area contributed by atoms with E-state index in [1.54, 1.807) is 0 Å². The van der Waals surface area contributed by atoms with E-state index < -0.39 is 0 Å². The Labute approximate surface area is 76.4 Å². The zero-order valence-corrected chi connectivity index (χ0v) is 8.00. The lowest BCUT2D eigenvalue weighted by Gasteiger charge is -2.17. The zero-order chi connectivity index (χ0) is 9.47. The SMILES string of the molecule is CC(C)(C)c1cnc2[nH]nnc2c1. The van der Waals surface area contributed by atoms with E-state index in [9.17, 15) is 0 Å². The monoisotopic (exact) mass is 176 g/mol. The third kappa shape index (κ3) is 1.39. The van der Waals surface area contributed by atoms with Crippen LogP contribution in [0.4, 0.5) is 0 Å². The number of aromatic amines is 1. The Hall–Kier alpha value is -1.45. The summed E-state index contributed by atoms with van der Waals surface area (Å²) in [6.45, 7) is 6.45. The van der Waals surface area contributed by atoms with Gasteiger partial charge in [-0.15, -0.1) is 5.10 Å². The molecule has 0 fully saturated rings. The van der Waals surface area contributed by atoms with Crippen LogP contribution in [0.2, 0.25) is 0 Å². The maximum atomic E-state index is 4.23. The van der Waals surface area contributed by atoms with Crippen LogP contribution in [-0.2, 0) is 5.41 Å². The van der Waals surface area contributed by atoms with Gasteiger partial charge in [0.2, 0.25) is 0 Å². The lowest BCUT2D eigenvalue weighted by molar-refractivity contribution is 0.588. The third-order valence-electron chi connectivity index (χ3n) is 2.05. The molecule has 68 valence electrons. The number of hydrogen-bond donors (Lipinski definition) is 1. The quantitative estimate of drug-likeness (QED) is 0.664. The molecule has 2 aromatic rings. The summed E-state index contributed by atoms with van der Waals surface area (Å²) in [5, 5.41) is 10.3. The van der Waals surface area contributed by atoms with E-state index in [1.807, 2.05) is 12.3 Å². The first-order valence-electron chi connectivity index (χ1n) is 4.25. The van der Waals surface area contributed by atoms with Crippen LogP contribution in [0.5, 0.6) is 0 Å². The molecule has 2 aromatic heterocycles. The van der Waals surface area contributed by atoms with Gasteiger partial charge in [-0.05, 0) is 17.0 Å². The molecule has 0 spiro atoms. The number of fused-ring (bicyclic) bond motifs is 1. The molecule has 0 amide bonds. The van der Waals surface area contributed by atoms with E-state index >= 15 is 0 Å². The topological polar surface area (TPSA) is 54.5 Å². The Morgan fingerprint density at radius 1 is 1.31 bits per heavy atom. The molecule has 0 bridgehead atoms. The number of nitrogens with one attached hydrogen (secondary N) is 1. The minimum Gasteiger partial charge on any atom is -0.240 e. The second-order valence-corrected chi connectivity index (χ2v) is 4.15. The van der Waals surface area contributed by atoms with Crippen molar-refractivity contribution in [2.45, 2.75) is 26.2 Å². The average Bonchev–Trinajstić information content (AvgIpc) is 2.47. The molecule has 0 aliphatic heterocycles. The van der Waals surface area contributed by atoms with E-state index in [0.717, 1.165) is 11.2 Å². The Kier molecular flexibility index (Phi) is 1.58. The number of pyridine rings is 1. The molecule has 13 heavy (non-hydrogen) atoms. The molecule has 0 atom stereocenters. The van der Waals surface area contributed by atoms with Crippen molar-refractivity contribution in [2.75, 3.05) is 0 Å². The Bertz CT molecular complexity index is 424. The maximum Gasteiger partial charge on any atom is 0.175 e. The molecule has 0 aromatic carbocycles. The molecule has 0 radical (unpaired) electrons. The van der Waals surface area contributed by atoms with Crippen LogP contribution in [0, 0.1) is 0 Å². The molecule has 4 heteroatoms. The van der Waals surface area contributed by atoms with E-state index in [2.05, 4.69) is 41.2 Å². The summed E-state index contributed by atoms with van der Waals surface area (Å²) < 4.78 is 0. The van der Waals surface area contributed by atoms with Crippen molar-refractivity contribution < 1.29 is 0 Å². The Morgan fingerprint density at radius 3 is 2.77 bits per heavy atom. The predicted molar refractivity (Wildman–Crippen MR) is 50.4 cm³/mol. The summed E-state index contributed by atoms with van der Waals surface area (Å²) >= 11 is 0. The molecule has 1 N–H and O–H groups in total. The zero-order valence-electron chi connectivity index (χ0n) is 8.00. The summed E-state index contributed by atoms with van der Waals surface area (Å²) in [7, 11) is 0. The van der Waals surface area contributed by atoms with Crippen LogP contribution in [0.3, 0.4) is 0 Å². The fraction of sp³-hybridized carbons (Fsp3) is 0.444. The lowest BCUT2D eigenvalue weighted by Crippen LogP contribution is -2.11. The van der Waals surface area contributed by atoms with Crippen molar-refractivity contribution in [1.82, 2.24) is 20.4 Å². The van der Waals surface area contributed by atoms with Crippen LogP contribution in [0.25, 0.3) is 11.2 Å². The van der Waals surface area contributed by atoms with Crippen molar-refractivity contribution in [3.05, 3.63) is 17.8 Å². The summed E-state index contributed by atoms with van der Waals surface area (Å²) in [4.78, 5) is 4.23. The van der Waals surface area contributed by atoms with Gasteiger partial charge in [-0.2, -0.15) is 0 Å². The molecule has 0 aliphatic carbocycles. The van der Waals surface area contributed by atoms with Crippen LogP contribution in [0.1, 0.15) is 26.3 Å². The minimum atomic E-state index is 0.111. The molecule has 2 rings (SSSR count). The lowest BCUT2D eigenvalue weighted by atomic mass is 9.88. The van der Waals surface area contributed by atoms with Gasteiger partial charge in [0.25, 0.3) is 0 Å². The smallest absolute Gasteiger partial charge is 0.175 e. The first-order chi connectivity index (χ1) is 6.07. The van der Waals surface area contributed by atoms with Gasteiger partial charge < -0.3 is 0 Å². The molecular weight excluding hydrogens is 164 g/mol. The van der Waals surface area contributed by atoms with Crippen molar-refractivity contribution in [3.8, 4) is 0 Å². The molecule has 2 heterocycles. The van der Waals surface area contributed by atoms with Gasteiger partial charge in [-0.1, -0.05) is 26.0 Å². The number of H-pyrrole nitrogens is 1. The standard InChI is InChI=1S/C9H12N4/c1-9(2,3)6-4-7-8(10-5-6)12-13-11-7/h4-5H,1-3H3,(H,10,11,12,13). The third-order valence-corrected chi connectivity index (χ3v) is 2.05. The predicted octanol–water partition coefficient (Wildman–Crippen LogP) is 1.65. The molecule has 0 saturated carbocycles.